The fourth-order valence-corrected chi connectivity index (χ4v) is 1.56. The topological polar surface area (TPSA) is 21.3 Å². The first kappa shape index (κ1) is 13.0. The van der Waals surface area contributed by atoms with E-state index >= 15 is 0 Å². The molecule has 0 aliphatic carbocycles. The summed E-state index contributed by atoms with van der Waals surface area (Å²) < 4.78 is 18.2. The summed E-state index contributed by atoms with van der Waals surface area (Å²) in [5, 5.41) is 3.39. The van der Waals surface area contributed by atoms with Crippen LogP contribution in [-0.4, -0.2) is 13.7 Å². The quantitative estimate of drug-likeness (QED) is 0.750. The van der Waals surface area contributed by atoms with Gasteiger partial charge in [-0.15, -0.1) is 0 Å². The normalized spacial score (nSPS) is 12.5. The minimum atomic E-state index is -0.313. The van der Waals surface area contributed by atoms with Crippen LogP contribution in [0.5, 0.6) is 5.75 Å². The lowest BCUT2D eigenvalue weighted by molar-refractivity contribution is 0.385. The molecular weight excluding hydrogens is 205 g/mol. The third kappa shape index (κ3) is 3.49. The fraction of sp³-hybridized carbons (Fsp3) is 0.538. The summed E-state index contributed by atoms with van der Waals surface area (Å²) >= 11 is 0. The second kappa shape index (κ2) is 6.48. The van der Waals surface area contributed by atoms with Crippen LogP contribution in [0.4, 0.5) is 4.39 Å². The van der Waals surface area contributed by atoms with E-state index in [-0.39, 0.29) is 11.9 Å². The minimum Gasteiger partial charge on any atom is -0.494 e. The van der Waals surface area contributed by atoms with Gasteiger partial charge in [0, 0.05) is 6.04 Å². The molecule has 0 aromatic heterocycles. The van der Waals surface area contributed by atoms with Crippen LogP contribution in [0, 0.1) is 5.82 Å². The smallest absolute Gasteiger partial charge is 0.165 e. The number of methoxy groups -OCH3 is 1. The molecule has 0 amide bonds. The maximum absolute atomic E-state index is 13.2. The van der Waals surface area contributed by atoms with E-state index in [0.29, 0.717) is 5.75 Å². The Hall–Kier alpha value is -1.09. The number of benzene rings is 1. The van der Waals surface area contributed by atoms with Crippen molar-refractivity contribution in [1.29, 1.82) is 0 Å². The number of rotatable bonds is 6. The molecule has 16 heavy (non-hydrogen) atoms. The highest BCUT2D eigenvalue weighted by Gasteiger charge is 2.08. The van der Waals surface area contributed by atoms with E-state index in [1.807, 2.05) is 0 Å². The van der Waals surface area contributed by atoms with Crippen molar-refractivity contribution in [2.45, 2.75) is 32.7 Å². The first-order valence-electron chi connectivity index (χ1n) is 5.75. The van der Waals surface area contributed by atoms with Gasteiger partial charge in [0.2, 0.25) is 0 Å². The molecule has 0 spiro atoms. The van der Waals surface area contributed by atoms with Gasteiger partial charge in [0.05, 0.1) is 7.11 Å². The van der Waals surface area contributed by atoms with Crippen molar-refractivity contribution in [3.05, 3.63) is 29.6 Å². The summed E-state index contributed by atoms with van der Waals surface area (Å²) in [6.07, 6.45) is 2.33. The van der Waals surface area contributed by atoms with Crippen molar-refractivity contribution in [1.82, 2.24) is 5.32 Å². The maximum Gasteiger partial charge on any atom is 0.165 e. The average Bonchev–Trinajstić information content (AvgIpc) is 2.30. The van der Waals surface area contributed by atoms with Crippen LogP contribution in [0.1, 0.15) is 38.3 Å². The monoisotopic (exact) mass is 225 g/mol. The molecular formula is C13H20FNO. The number of unbranched alkanes of at least 4 members (excludes halogenated alkanes) is 1. The summed E-state index contributed by atoms with van der Waals surface area (Å²) in [4.78, 5) is 0. The Labute approximate surface area is 96.8 Å². The zero-order valence-electron chi connectivity index (χ0n) is 10.2. The van der Waals surface area contributed by atoms with E-state index in [1.54, 1.807) is 12.1 Å². The highest BCUT2D eigenvalue weighted by Crippen LogP contribution is 2.22. The van der Waals surface area contributed by atoms with E-state index in [9.17, 15) is 4.39 Å². The molecule has 0 aliphatic rings. The van der Waals surface area contributed by atoms with Gasteiger partial charge in [-0.3, -0.25) is 0 Å². The van der Waals surface area contributed by atoms with Crippen LogP contribution in [0.15, 0.2) is 18.2 Å². The number of hydrogen-bond acceptors (Lipinski definition) is 2. The fourth-order valence-electron chi connectivity index (χ4n) is 1.56. The molecule has 2 nitrogen and oxygen atoms in total. The van der Waals surface area contributed by atoms with Gasteiger partial charge in [-0.25, -0.2) is 4.39 Å². The average molecular weight is 225 g/mol. The van der Waals surface area contributed by atoms with Crippen molar-refractivity contribution in [3.8, 4) is 5.75 Å². The molecule has 0 fully saturated rings. The zero-order valence-corrected chi connectivity index (χ0v) is 10.2. The molecule has 1 atom stereocenters. The van der Waals surface area contributed by atoms with E-state index in [1.165, 1.54) is 19.6 Å². The summed E-state index contributed by atoms with van der Waals surface area (Å²) in [7, 11) is 1.48. The number of hydrogen-bond donors (Lipinski definition) is 1. The van der Waals surface area contributed by atoms with Crippen LogP contribution in [-0.2, 0) is 0 Å². The second-order valence-corrected chi connectivity index (χ2v) is 3.92. The Morgan fingerprint density at radius 2 is 2.19 bits per heavy atom. The molecule has 3 heteroatoms. The predicted octanol–water partition coefficient (Wildman–Crippen LogP) is 3.29. The molecule has 1 unspecified atom stereocenters. The Morgan fingerprint density at radius 3 is 2.81 bits per heavy atom. The van der Waals surface area contributed by atoms with Crippen LogP contribution >= 0.6 is 0 Å². The van der Waals surface area contributed by atoms with Gasteiger partial charge in [-0.2, -0.15) is 0 Å². The lowest BCUT2D eigenvalue weighted by Gasteiger charge is -2.15. The third-order valence-corrected chi connectivity index (χ3v) is 2.66. The van der Waals surface area contributed by atoms with Crippen molar-refractivity contribution < 1.29 is 9.13 Å². The van der Waals surface area contributed by atoms with Crippen molar-refractivity contribution in [3.63, 3.8) is 0 Å². The number of ether oxygens (including phenoxy) is 1. The van der Waals surface area contributed by atoms with Crippen LogP contribution < -0.4 is 10.1 Å². The maximum atomic E-state index is 13.2. The number of nitrogens with one attached hydrogen (secondary N) is 1. The molecule has 0 radical (unpaired) electrons. The Morgan fingerprint density at radius 1 is 1.44 bits per heavy atom. The summed E-state index contributed by atoms with van der Waals surface area (Å²) in [6, 6.07) is 5.22. The standard InChI is InChI=1S/C13H20FNO/c1-4-5-8-15-10(2)11-6-7-12(14)13(9-11)16-3/h6-7,9-10,15H,4-5,8H2,1-3H3. The van der Waals surface area contributed by atoms with Crippen molar-refractivity contribution >= 4 is 0 Å². The summed E-state index contributed by atoms with van der Waals surface area (Å²) in [5.74, 6) is -0.00588. The van der Waals surface area contributed by atoms with Gasteiger partial charge in [0.25, 0.3) is 0 Å². The van der Waals surface area contributed by atoms with E-state index in [4.69, 9.17) is 4.74 Å². The van der Waals surface area contributed by atoms with Crippen molar-refractivity contribution in [2.24, 2.45) is 0 Å². The van der Waals surface area contributed by atoms with Crippen LogP contribution in [0.3, 0.4) is 0 Å². The summed E-state index contributed by atoms with van der Waals surface area (Å²) in [5.41, 5.74) is 1.05. The lowest BCUT2D eigenvalue weighted by Crippen LogP contribution is -2.19. The Bertz CT molecular complexity index is 328. The Kier molecular flexibility index (Phi) is 5.26. The van der Waals surface area contributed by atoms with Gasteiger partial charge in [-0.05, 0) is 37.6 Å². The van der Waals surface area contributed by atoms with Gasteiger partial charge >= 0.3 is 0 Å². The zero-order chi connectivity index (χ0) is 12.0. The highest BCUT2D eigenvalue weighted by atomic mass is 19.1. The van der Waals surface area contributed by atoms with Gasteiger partial charge < -0.3 is 10.1 Å². The molecule has 0 bridgehead atoms. The molecule has 1 N–H and O–H groups in total. The molecule has 1 aromatic carbocycles. The SMILES string of the molecule is CCCCNC(C)c1ccc(F)c(OC)c1. The lowest BCUT2D eigenvalue weighted by atomic mass is 10.1. The second-order valence-electron chi connectivity index (χ2n) is 3.92. The van der Waals surface area contributed by atoms with E-state index in [2.05, 4.69) is 19.2 Å². The highest BCUT2D eigenvalue weighted by molar-refractivity contribution is 5.31. The third-order valence-electron chi connectivity index (χ3n) is 2.66. The molecule has 1 rings (SSSR count). The van der Waals surface area contributed by atoms with Crippen LogP contribution in [0.25, 0.3) is 0 Å². The molecule has 0 saturated heterocycles. The first-order valence-corrected chi connectivity index (χ1v) is 5.75. The van der Waals surface area contributed by atoms with Crippen molar-refractivity contribution in [2.75, 3.05) is 13.7 Å². The summed E-state index contributed by atoms with van der Waals surface area (Å²) in [6.45, 7) is 5.22. The minimum absolute atomic E-state index is 0.223. The van der Waals surface area contributed by atoms with Crippen LogP contribution in [0.2, 0.25) is 0 Å². The largest absolute Gasteiger partial charge is 0.494 e. The first-order chi connectivity index (χ1) is 7.69. The van der Waals surface area contributed by atoms with E-state index < -0.39 is 0 Å². The molecule has 0 aliphatic heterocycles. The van der Waals surface area contributed by atoms with Gasteiger partial charge in [-0.1, -0.05) is 19.4 Å². The van der Waals surface area contributed by atoms with Gasteiger partial charge in [0.15, 0.2) is 11.6 Å². The van der Waals surface area contributed by atoms with Gasteiger partial charge in [0.1, 0.15) is 0 Å². The number of halogens is 1. The molecule has 1 aromatic rings. The molecule has 0 heterocycles. The van der Waals surface area contributed by atoms with E-state index in [0.717, 1.165) is 18.5 Å². The predicted molar refractivity (Wildman–Crippen MR) is 64.3 cm³/mol. The molecule has 90 valence electrons. The Balaban J connectivity index is 2.64. The molecule has 0 saturated carbocycles.